The van der Waals surface area contributed by atoms with Crippen molar-refractivity contribution in [2.24, 2.45) is 5.73 Å². The summed E-state index contributed by atoms with van der Waals surface area (Å²) in [4.78, 5) is 0. The molecule has 0 saturated heterocycles. The molecule has 2 N–H and O–H groups in total. The van der Waals surface area contributed by atoms with Gasteiger partial charge in [-0.05, 0) is 40.5 Å². The van der Waals surface area contributed by atoms with Gasteiger partial charge in [-0.3, -0.25) is 0 Å². The Morgan fingerprint density at radius 1 is 1.36 bits per heavy atom. The van der Waals surface area contributed by atoms with Crippen LogP contribution in [0.2, 0.25) is 0 Å². The quantitative estimate of drug-likeness (QED) is 0.636. The second-order valence-corrected chi connectivity index (χ2v) is 4.08. The van der Waals surface area contributed by atoms with Crippen molar-refractivity contribution in [3.63, 3.8) is 0 Å². The lowest BCUT2D eigenvalue weighted by atomic mass is 10.2. The van der Waals surface area contributed by atoms with Crippen LogP contribution in [0.3, 0.4) is 0 Å². The Morgan fingerprint density at radius 2 is 1.91 bits per heavy atom. The van der Waals surface area contributed by atoms with Gasteiger partial charge in [0.15, 0.2) is 0 Å². The molecule has 0 bridgehead atoms. The van der Waals surface area contributed by atoms with E-state index in [1.807, 2.05) is 6.92 Å². The van der Waals surface area contributed by atoms with Gasteiger partial charge in [-0.2, -0.15) is 0 Å². The molecule has 2 heteroatoms. The van der Waals surface area contributed by atoms with Crippen LogP contribution in [0.4, 0.5) is 0 Å². The molecule has 0 aromatic heterocycles. The third-order valence-corrected chi connectivity index (χ3v) is 1.34. The lowest BCUT2D eigenvalue weighted by molar-refractivity contribution is -0.00496. The lowest BCUT2D eigenvalue weighted by Crippen LogP contribution is -2.21. The third kappa shape index (κ3) is 9.92. The minimum absolute atomic E-state index is 0.00215. The highest BCUT2D eigenvalue weighted by Gasteiger charge is 2.08. The molecule has 0 aromatic rings. The van der Waals surface area contributed by atoms with Crippen molar-refractivity contribution in [2.45, 2.75) is 52.2 Å². The Morgan fingerprint density at radius 3 is 2.27 bits per heavy atom. The smallest absolute Gasteiger partial charge is 0.0598 e. The summed E-state index contributed by atoms with van der Waals surface area (Å²) in [5.41, 5.74) is 5.58. The summed E-state index contributed by atoms with van der Waals surface area (Å²) in [5.74, 6) is 0. The summed E-state index contributed by atoms with van der Waals surface area (Å²) < 4.78 is 5.52. The highest BCUT2D eigenvalue weighted by Crippen LogP contribution is 2.07. The largest absolute Gasteiger partial charge is 0.376 e. The van der Waals surface area contributed by atoms with Crippen LogP contribution in [0, 0.1) is 0 Å². The molecule has 0 saturated carbocycles. The van der Waals surface area contributed by atoms with Crippen LogP contribution in [0.5, 0.6) is 0 Å². The fourth-order valence-corrected chi connectivity index (χ4v) is 0.784. The van der Waals surface area contributed by atoms with Crippen LogP contribution in [-0.4, -0.2) is 18.2 Å². The van der Waals surface area contributed by atoms with Gasteiger partial charge in [0, 0.05) is 12.6 Å². The van der Waals surface area contributed by atoms with Gasteiger partial charge in [-0.25, -0.2) is 0 Å². The molecule has 0 aliphatic heterocycles. The molecule has 0 unspecified atom stereocenters. The minimum atomic E-state index is -0.00215. The first-order chi connectivity index (χ1) is 4.92. The molecule has 0 fully saturated rings. The zero-order valence-electron chi connectivity index (χ0n) is 8.18. The van der Waals surface area contributed by atoms with Gasteiger partial charge >= 0.3 is 0 Å². The molecular weight excluding hydrogens is 138 g/mol. The Balaban J connectivity index is 3.15. The SMILES string of the molecule is C[C@H](N)CCCOC(C)(C)C. The molecule has 2 nitrogen and oxygen atoms in total. The predicted octanol–water partition coefficient (Wildman–Crippen LogP) is 1.93. The van der Waals surface area contributed by atoms with E-state index >= 15 is 0 Å². The molecule has 68 valence electrons. The first-order valence-corrected chi connectivity index (χ1v) is 4.31. The van der Waals surface area contributed by atoms with E-state index in [0.717, 1.165) is 19.4 Å². The molecule has 0 radical (unpaired) electrons. The minimum Gasteiger partial charge on any atom is -0.376 e. The van der Waals surface area contributed by atoms with Gasteiger partial charge in [0.25, 0.3) is 0 Å². The average Bonchev–Trinajstić information content (AvgIpc) is 1.78. The maximum atomic E-state index is 5.59. The molecule has 0 spiro atoms. The summed E-state index contributed by atoms with van der Waals surface area (Å²) in [7, 11) is 0. The van der Waals surface area contributed by atoms with Crippen LogP contribution in [0.1, 0.15) is 40.5 Å². The van der Waals surface area contributed by atoms with Crippen LogP contribution in [0.15, 0.2) is 0 Å². The Labute approximate surface area is 70.1 Å². The van der Waals surface area contributed by atoms with Crippen molar-refractivity contribution in [1.29, 1.82) is 0 Å². The number of hydrogen-bond donors (Lipinski definition) is 1. The molecule has 0 aliphatic carbocycles. The van der Waals surface area contributed by atoms with Crippen molar-refractivity contribution in [2.75, 3.05) is 6.61 Å². The average molecular weight is 159 g/mol. The summed E-state index contributed by atoms with van der Waals surface area (Å²) in [6, 6.07) is 0.304. The number of rotatable bonds is 4. The van der Waals surface area contributed by atoms with Gasteiger partial charge in [0.1, 0.15) is 0 Å². The zero-order chi connectivity index (χ0) is 8.91. The third-order valence-electron chi connectivity index (χ3n) is 1.34. The maximum absolute atomic E-state index is 5.59. The fourth-order valence-electron chi connectivity index (χ4n) is 0.784. The summed E-state index contributed by atoms with van der Waals surface area (Å²) in [6.07, 6.45) is 2.12. The predicted molar refractivity (Wildman–Crippen MR) is 48.6 cm³/mol. The maximum Gasteiger partial charge on any atom is 0.0598 e. The van der Waals surface area contributed by atoms with E-state index in [4.69, 9.17) is 10.5 Å². The molecule has 0 rings (SSSR count). The number of nitrogens with two attached hydrogens (primary N) is 1. The van der Waals surface area contributed by atoms with Crippen LogP contribution < -0.4 is 5.73 Å². The molecule has 0 amide bonds. The summed E-state index contributed by atoms with van der Waals surface area (Å²) in [6.45, 7) is 9.05. The van der Waals surface area contributed by atoms with E-state index in [0.29, 0.717) is 6.04 Å². The second-order valence-electron chi connectivity index (χ2n) is 4.08. The normalized spacial score (nSPS) is 15.0. The van der Waals surface area contributed by atoms with E-state index in [2.05, 4.69) is 20.8 Å². The van der Waals surface area contributed by atoms with Gasteiger partial charge in [-0.15, -0.1) is 0 Å². The molecule has 0 aliphatic rings. The highest BCUT2D eigenvalue weighted by molar-refractivity contribution is 4.59. The lowest BCUT2D eigenvalue weighted by Gasteiger charge is -2.19. The second kappa shape index (κ2) is 4.73. The monoisotopic (exact) mass is 159 g/mol. The van der Waals surface area contributed by atoms with Crippen molar-refractivity contribution < 1.29 is 4.74 Å². The van der Waals surface area contributed by atoms with E-state index in [1.165, 1.54) is 0 Å². The van der Waals surface area contributed by atoms with Crippen LogP contribution in [-0.2, 0) is 4.74 Å². The Kier molecular flexibility index (Phi) is 4.69. The van der Waals surface area contributed by atoms with Gasteiger partial charge in [0.2, 0.25) is 0 Å². The number of ether oxygens (including phenoxy) is 1. The fraction of sp³-hybridized carbons (Fsp3) is 1.00. The topological polar surface area (TPSA) is 35.2 Å². The zero-order valence-corrected chi connectivity index (χ0v) is 8.18. The number of hydrogen-bond acceptors (Lipinski definition) is 2. The highest BCUT2D eigenvalue weighted by atomic mass is 16.5. The van der Waals surface area contributed by atoms with Gasteiger partial charge in [0.05, 0.1) is 5.60 Å². The van der Waals surface area contributed by atoms with Crippen LogP contribution in [0.25, 0.3) is 0 Å². The van der Waals surface area contributed by atoms with Crippen molar-refractivity contribution in [3.05, 3.63) is 0 Å². The van der Waals surface area contributed by atoms with E-state index in [-0.39, 0.29) is 5.60 Å². The molecule has 1 atom stereocenters. The van der Waals surface area contributed by atoms with Gasteiger partial charge in [-0.1, -0.05) is 0 Å². The summed E-state index contributed by atoms with van der Waals surface area (Å²) >= 11 is 0. The molecular formula is C9H21NO. The first kappa shape index (κ1) is 10.9. The summed E-state index contributed by atoms with van der Waals surface area (Å²) in [5, 5.41) is 0. The molecule has 0 heterocycles. The van der Waals surface area contributed by atoms with Gasteiger partial charge < -0.3 is 10.5 Å². The van der Waals surface area contributed by atoms with Crippen LogP contribution >= 0.6 is 0 Å². The molecule has 11 heavy (non-hydrogen) atoms. The van der Waals surface area contributed by atoms with Crippen molar-refractivity contribution >= 4 is 0 Å². The van der Waals surface area contributed by atoms with E-state index in [9.17, 15) is 0 Å². The Hall–Kier alpha value is -0.0800. The van der Waals surface area contributed by atoms with E-state index in [1.54, 1.807) is 0 Å². The Bertz CT molecular complexity index is 94.2. The van der Waals surface area contributed by atoms with Crippen molar-refractivity contribution in [3.8, 4) is 0 Å². The van der Waals surface area contributed by atoms with Crippen molar-refractivity contribution in [1.82, 2.24) is 0 Å². The molecule has 0 aromatic carbocycles. The first-order valence-electron chi connectivity index (χ1n) is 4.31. The standard InChI is InChI=1S/C9H21NO/c1-8(10)6-5-7-11-9(2,3)4/h8H,5-7,10H2,1-4H3/t8-/m0/s1. The van der Waals surface area contributed by atoms with E-state index < -0.39 is 0 Å².